The van der Waals surface area contributed by atoms with Gasteiger partial charge >= 0.3 is 0 Å². The molecule has 1 aromatic rings. The van der Waals surface area contributed by atoms with E-state index in [0.717, 1.165) is 5.57 Å². The lowest BCUT2D eigenvalue weighted by Crippen LogP contribution is -1.50. The molecule has 0 fully saturated rings. The van der Waals surface area contributed by atoms with E-state index in [1.54, 1.807) is 6.08 Å². The number of rotatable bonds is 1. The van der Waals surface area contributed by atoms with Crippen LogP contribution in [0.15, 0.2) is 61.2 Å². The van der Waals surface area contributed by atoms with Crippen LogP contribution in [0.3, 0.4) is 0 Å². The number of benzene rings is 1. The highest BCUT2D eigenvalue weighted by molar-refractivity contribution is 5.05. The molecule has 0 aliphatic rings. The first-order valence-corrected chi connectivity index (χ1v) is 3.55. The van der Waals surface area contributed by atoms with Crippen LogP contribution >= 0.6 is 0 Å². The van der Waals surface area contributed by atoms with Crippen molar-refractivity contribution in [3.05, 3.63) is 61.2 Å². The summed E-state index contributed by atoms with van der Waals surface area (Å²) in [5, 5.41) is 0. The van der Waals surface area contributed by atoms with Crippen LogP contribution in [-0.2, 0) is 0 Å². The van der Waals surface area contributed by atoms with Crippen molar-refractivity contribution < 1.29 is 0 Å². The molecule has 0 atom stereocenters. The lowest BCUT2D eigenvalue weighted by Gasteiger charge is -1.71. The predicted molar refractivity (Wildman–Crippen MR) is 51.5 cm³/mol. The molecule has 0 heterocycles. The van der Waals surface area contributed by atoms with Gasteiger partial charge in [0.15, 0.2) is 0 Å². The Morgan fingerprint density at radius 2 is 1.18 bits per heavy atom. The van der Waals surface area contributed by atoms with E-state index in [4.69, 9.17) is 0 Å². The summed E-state index contributed by atoms with van der Waals surface area (Å²) in [7, 11) is 0. The zero-order valence-corrected chi connectivity index (χ0v) is 6.96. The Kier molecular flexibility index (Phi) is 6.01. The lowest BCUT2D eigenvalue weighted by atomic mass is 10.4. The quantitative estimate of drug-likeness (QED) is 0.532. The molecule has 0 aliphatic carbocycles. The molecule has 0 amide bonds. The lowest BCUT2D eigenvalue weighted by molar-refractivity contribution is 1.58. The van der Waals surface area contributed by atoms with Crippen molar-refractivity contribution in [1.82, 2.24) is 0 Å². The summed E-state index contributed by atoms with van der Waals surface area (Å²) in [4.78, 5) is 0. The van der Waals surface area contributed by atoms with Gasteiger partial charge in [0.2, 0.25) is 0 Å². The molecule has 0 N–H and O–H groups in total. The molecule has 0 saturated carbocycles. The highest BCUT2D eigenvalue weighted by Crippen LogP contribution is 1.81. The minimum atomic E-state index is 1.02. The highest BCUT2D eigenvalue weighted by atomic mass is 13.7. The van der Waals surface area contributed by atoms with Crippen molar-refractivity contribution >= 4 is 0 Å². The summed E-state index contributed by atoms with van der Waals surface area (Å²) in [6.07, 6.45) is 1.72. The fourth-order valence-electron chi connectivity index (χ4n) is 0.385. The van der Waals surface area contributed by atoms with Crippen LogP contribution in [0.2, 0.25) is 0 Å². The molecule has 11 heavy (non-hydrogen) atoms. The third kappa shape index (κ3) is 8.70. The van der Waals surface area contributed by atoms with E-state index in [-0.39, 0.29) is 0 Å². The van der Waals surface area contributed by atoms with Crippen molar-refractivity contribution in [2.75, 3.05) is 0 Å². The highest BCUT2D eigenvalue weighted by Gasteiger charge is 1.59. The van der Waals surface area contributed by atoms with Crippen molar-refractivity contribution in [1.29, 1.82) is 0 Å². The fraction of sp³-hybridized carbons (Fsp3) is 0.0909. The van der Waals surface area contributed by atoms with Crippen LogP contribution in [-0.4, -0.2) is 0 Å². The second kappa shape index (κ2) is 6.81. The van der Waals surface area contributed by atoms with Crippen molar-refractivity contribution in [3.8, 4) is 0 Å². The molecule has 0 unspecified atom stereocenters. The van der Waals surface area contributed by atoms with Crippen LogP contribution in [0.1, 0.15) is 6.92 Å². The topological polar surface area (TPSA) is 0 Å². The first-order valence-electron chi connectivity index (χ1n) is 3.55. The van der Waals surface area contributed by atoms with Gasteiger partial charge in [-0.05, 0) is 6.92 Å². The van der Waals surface area contributed by atoms with Gasteiger partial charge in [-0.25, -0.2) is 0 Å². The molecule has 0 radical (unpaired) electrons. The Balaban J connectivity index is 0.000000187. The fourth-order valence-corrected chi connectivity index (χ4v) is 0.385. The van der Waals surface area contributed by atoms with E-state index in [9.17, 15) is 0 Å². The average molecular weight is 146 g/mol. The molecule has 0 nitrogen and oxygen atoms in total. The molecule has 1 rings (SSSR count). The maximum atomic E-state index is 3.56. The Hall–Kier alpha value is -1.30. The van der Waals surface area contributed by atoms with E-state index in [2.05, 4.69) is 13.2 Å². The Labute approximate surface area is 68.9 Å². The van der Waals surface area contributed by atoms with Gasteiger partial charge in [-0.2, -0.15) is 0 Å². The summed E-state index contributed by atoms with van der Waals surface area (Å²) in [6, 6.07) is 12.0. The zero-order chi connectivity index (χ0) is 8.53. The van der Waals surface area contributed by atoms with Gasteiger partial charge < -0.3 is 0 Å². The number of hydrogen-bond acceptors (Lipinski definition) is 0. The molecule has 0 aromatic heterocycles. The molecule has 0 bridgehead atoms. The molecular weight excluding hydrogens is 132 g/mol. The summed E-state index contributed by atoms with van der Waals surface area (Å²) in [6.45, 7) is 8.93. The van der Waals surface area contributed by atoms with Gasteiger partial charge in [0, 0.05) is 0 Å². The van der Waals surface area contributed by atoms with Crippen molar-refractivity contribution in [2.24, 2.45) is 0 Å². The van der Waals surface area contributed by atoms with Gasteiger partial charge in [-0.3, -0.25) is 0 Å². The molecular formula is C11H14. The minimum Gasteiger partial charge on any atom is -0.0988 e. The monoisotopic (exact) mass is 146 g/mol. The summed E-state index contributed by atoms with van der Waals surface area (Å²) >= 11 is 0. The first kappa shape index (κ1) is 9.70. The van der Waals surface area contributed by atoms with Gasteiger partial charge in [-0.15, -0.1) is 0 Å². The summed E-state index contributed by atoms with van der Waals surface area (Å²) < 4.78 is 0. The van der Waals surface area contributed by atoms with Gasteiger partial charge in [-0.1, -0.05) is 61.2 Å². The Bertz CT molecular complexity index is 170. The molecule has 0 aliphatic heterocycles. The van der Waals surface area contributed by atoms with E-state index < -0.39 is 0 Å². The second-order valence-electron chi connectivity index (χ2n) is 2.21. The second-order valence-corrected chi connectivity index (χ2v) is 2.21. The largest absolute Gasteiger partial charge is 0.0988 e. The Morgan fingerprint density at radius 3 is 1.27 bits per heavy atom. The Morgan fingerprint density at radius 1 is 1.00 bits per heavy atom. The molecule has 58 valence electrons. The van der Waals surface area contributed by atoms with Crippen molar-refractivity contribution in [3.63, 3.8) is 0 Å². The van der Waals surface area contributed by atoms with E-state index >= 15 is 0 Å². The zero-order valence-electron chi connectivity index (χ0n) is 6.96. The van der Waals surface area contributed by atoms with Crippen LogP contribution in [0.5, 0.6) is 0 Å². The molecule has 0 heteroatoms. The van der Waals surface area contributed by atoms with Crippen LogP contribution in [0, 0.1) is 0 Å². The average Bonchev–Trinajstić information content (AvgIpc) is 2.09. The van der Waals surface area contributed by atoms with Gasteiger partial charge in [0.05, 0.1) is 0 Å². The third-order valence-electron chi connectivity index (χ3n) is 1.02. The summed E-state index contributed by atoms with van der Waals surface area (Å²) in [5.74, 6) is 0. The number of allylic oxidation sites excluding steroid dienone is 2. The smallest absolute Gasteiger partial charge is 0.0404 e. The van der Waals surface area contributed by atoms with Gasteiger partial charge in [0.1, 0.15) is 0 Å². The maximum absolute atomic E-state index is 3.56. The maximum Gasteiger partial charge on any atom is -0.0404 e. The van der Waals surface area contributed by atoms with Crippen LogP contribution in [0.4, 0.5) is 0 Å². The third-order valence-corrected chi connectivity index (χ3v) is 1.02. The van der Waals surface area contributed by atoms with E-state index in [1.807, 2.05) is 43.3 Å². The van der Waals surface area contributed by atoms with Crippen LogP contribution < -0.4 is 0 Å². The first-order chi connectivity index (χ1) is 5.27. The minimum absolute atomic E-state index is 1.02. The molecule has 1 aromatic carbocycles. The summed E-state index contributed by atoms with van der Waals surface area (Å²) in [5.41, 5.74) is 1.02. The standard InChI is InChI=1S/C6H6.C5H8/c1-2-4-6-5-3-1;1-4-5(2)3/h1-6H;4H,1-2H2,3H3. The molecule has 0 spiro atoms. The normalized spacial score (nSPS) is 7.36. The van der Waals surface area contributed by atoms with Gasteiger partial charge in [0.25, 0.3) is 0 Å². The SMILES string of the molecule is C=CC(=C)C.c1ccccc1. The predicted octanol–water partition coefficient (Wildman–Crippen LogP) is 3.44. The van der Waals surface area contributed by atoms with E-state index in [0.29, 0.717) is 0 Å². The van der Waals surface area contributed by atoms with E-state index in [1.165, 1.54) is 0 Å². The van der Waals surface area contributed by atoms with Crippen LogP contribution in [0.25, 0.3) is 0 Å². The van der Waals surface area contributed by atoms with Crippen molar-refractivity contribution in [2.45, 2.75) is 6.92 Å². The molecule has 0 saturated heterocycles. The number of hydrogen-bond donors (Lipinski definition) is 0.